The molecule has 0 fully saturated rings. The van der Waals surface area contributed by atoms with Gasteiger partial charge in [-0.2, -0.15) is 0 Å². The molecule has 1 heterocycles. The molecule has 104 valence electrons. The number of hydrogen-bond acceptors (Lipinski definition) is 3. The summed E-state index contributed by atoms with van der Waals surface area (Å²) in [6, 6.07) is 10.9. The molecule has 2 rings (SSSR count). The summed E-state index contributed by atoms with van der Waals surface area (Å²) in [6.07, 6.45) is 1.04. The van der Waals surface area contributed by atoms with Crippen molar-refractivity contribution in [3.8, 4) is 0 Å². The first-order chi connectivity index (χ1) is 9.65. The van der Waals surface area contributed by atoms with Crippen LogP contribution in [0.1, 0.15) is 19.4 Å². The molecular weight excluding hydrogens is 254 g/mol. The third kappa shape index (κ3) is 2.74. The van der Waals surface area contributed by atoms with Gasteiger partial charge < -0.3 is 9.15 Å². The predicted octanol–water partition coefficient (Wildman–Crippen LogP) is 4.61. The molecule has 0 radical (unpaired) electrons. The van der Waals surface area contributed by atoms with E-state index in [0.717, 1.165) is 11.1 Å². The summed E-state index contributed by atoms with van der Waals surface area (Å²) in [5, 5.41) is 0. The summed E-state index contributed by atoms with van der Waals surface area (Å²) in [5.41, 5.74) is 2.42. The first-order valence-corrected chi connectivity index (χ1v) is 6.40. The Hall–Kier alpha value is -2.49. The zero-order valence-electron chi connectivity index (χ0n) is 11.6. The summed E-state index contributed by atoms with van der Waals surface area (Å²) in [7, 11) is 0. The topological polar surface area (TPSA) is 42.7 Å². The number of ether oxygens (including phenoxy) is 1. The maximum absolute atomic E-state index is 12.2. The lowest BCUT2D eigenvalue weighted by molar-refractivity contribution is 0.161. The van der Waals surface area contributed by atoms with Crippen LogP contribution in [0.2, 0.25) is 0 Å². The molecule has 0 N–H and O–H groups in total. The summed E-state index contributed by atoms with van der Waals surface area (Å²) < 4.78 is 10.5. The Bertz CT molecular complexity index is 602. The van der Waals surface area contributed by atoms with E-state index in [9.17, 15) is 4.79 Å². The number of allylic oxidation sites excluding steroid dienone is 1. The molecule has 1 aromatic heterocycles. The number of rotatable bonds is 4. The van der Waals surface area contributed by atoms with E-state index in [1.807, 2.05) is 31.2 Å². The first kappa shape index (κ1) is 13.9. The summed E-state index contributed by atoms with van der Waals surface area (Å²) in [4.78, 5) is 13.6. The van der Waals surface area contributed by atoms with Gasteiger partial charge in [-0.15, -0.1) is 0 Å². The largest absolute Gasteiger partial charge is 0.449 e. The second kappa shape index (κ2) is 6.10. The second-order valence-corrected chi connectivity index (χ2v) is 4.28. The van der Waals surface area contributed by atoms with Crippen LogP contribution in [-0.2, 0) is 4.74 Å². The van der Waals surface area contributed by atoms with Crippen molar-refractivity contribution >= 4 is 23.2 Å². The van der Waals surface area contributed by atoms with E-state index in [0.29, 0.717) is 18.2 Å². The number of hydrogen-bond donors (Lipinski definition) is 0. The van der Waals surface area contributed by atoms with E-state index in [1.54, 1.807) is 19.1 Å². The van der Waals surface area contributed by atoms with Crippen molar-refractivity contribution in [2.75, 3.05) is 11.5 Å². The standard InChI is InChI=1S/C16H17NO3/c1-4-19-16(18)17(15-10-7-11-20-15)14-9-6-5-8-13(14)12(2)3/h5-11H,2,4H2,1,3H3. The van der Waals surface area contributed by atoms with Crippen LogP contribution in [0.3, 0.4) is 0 Å². The Labute approximate surface area is 118 Å². The molecule has 0 unspecified atom stereocenters. The second-order valence-electron chi connectivity index (χ2n) is 4.28. The van der Waals surface area contributed by atoms with Crippen LogP contribution in [0.5, 0.6) is 0 Å². The third-order valence-electron chi connectivity index (χ3n) is 2.78. The van der Waals surface area contributed by atoms with Crippen molar-refractivity contribution in [1.82, 2.24) is 0 Å². The SMILES string of the molecule is C=C(C)c1ccccc1N(C(=O)OCC)c1ccco1. The highest BCUT2D eigenvalue weighted by atomic mass is 16.6. The number of benzene rings is 1. The zero-order valence-corrected chi connectivity index (χ0v) is 11.6. The molecule has 0 saturated heterocycles. The Balaban J connectivity index is 2.52. The van der Waals surface area contributed by atoms with Crippen LogP contribution < -0.4 is 4.90 Å². The normalized spacial score (nSPS) is 10.1. The minimum atomic E-state index is -0.476. The van der Waals surface area contributed by atoms with Gasteiger partial charge >= 0.3 is 6.09 Å². The molecule has 0 saturated carbocycles. The van der Waals surface area contributed by atoms with Crippen molar-refractivity contribution < 1.29 is 13.9 Å². The number of carbonyl (C=O) groups excluding carboxylic acids is 1. The van der Waals surface area contributed by atoms with Crippen molar-refractivity contribution in [3.63, 3.8) is 0 Å². The third-order valence-corrected chi connectivity index (χ3v) is 2.78. The van der Waals surface area contributed by atoms with Gasteiger partial charge in [-0.25, -0.2) is 9.69 Å². The average Bonchev–Trinajstić information content (AvgIpc) is 2.93. The van der Waals surface area contributed by atoms with Crippen LogP contribution in [0.15, 0.2) is 53.7 Å². The van der Waals surface area contributed by atoms with Crippen LogP contribution in [0.25, 0.3) is 5.57 Å². The van der Waals surface area contributed by atoms with E-state index in [1.165, 1.54) is 11.2 Å². The average molecular weight is 271 g/mol. The number of anilines is 2. The lowest BCUT2D eigenvalue weighted by Gasteiger charge is -2.22. The number of furan rings is 1. The molecule has 0 aliphatic carbocycles. The van der Waals surface area contributed by atoms with Gasteiger partial charge in [-0.1, -0.05) is 24.8 Å². The highest BCUT2D eigenvalue weighted by Crippen LogP contribution is 2.32. The molecule has 20 heavy (non-hydrogen) atoms. The van der Waals surface area contributed by atoms with Gasteiger partial charge in [0.05, 0.1) is 18.6 Å². The van der Waals surface area contributed by atoms with E-state index in [2.05, 4.69) is 6.58 Å². The van der Waals surface area contributed by atoms with E-state index >= 15 is 0 Å². The van der Waals surface area contributed by atoms with E-state index in [4.69, 9.17) is 9.15 Å². The molecule has 1 amide bonds. The summed E-state index contributed by atoms with van der Waals surface area (Å²) in [5.74, 6) is 0.414. The number of para-hydroxylation sites is 1. The number of nitrogens with zero attached hydrogens (tertiary/aromatic N) is 1. The monoisotopic (exact) mass is 271 g/mol. The lowest BCUT2D eigenvalue weighted by Crippen LogP contribution is -2.27. The molecular formula is C16H17NO3. The molecule has 0 aliphatic heterocycles. The minimum Gasteiger partial charge on any atom is -0.449 e. The number of carbonyl (C=O) groups is 1. The molecule has 4 heteroatoms. The summed E-state index contributed by atoms with van der Waals surface area (Å²) in [6.45, 7) is 7.90. The van der Waals surface area contributed by atoms with E-state index < -0.39 is 6.09 Å². The van der Waals surface area contributed by atoms with Crippen LogP contribution in [0, 0.1) is 0 Å². The molecule has 0 aliphatic rings. The Kier molecular flexibility index (Phi) is 4.25. The molecule has 2 aromatic rings. The smallest absolute Gasteiger partial charge is 0.421 e. The Morgan fingerprint density at radius 1 is 1.30 bits per heavy atom. The molecule has 4 nitrogen and oxygen atoms in total. The van der Waals surface area contributed by atoms with Gasteiger partial charge in [-0.05, 0) is 31.6 Å². The Morgan fingerprint density at radius 3 is 2.65 bits per heavy atom. The molecule has 0 atom stereocenters. The van der Waals surface area contributed by atoms with Crippen molar-refractivity contribution in [2.45, 2.75) is 13.8 Å². The highest BCUT2D eigenvalue weighted by molar-refractivity contribution is 5.97. The van der Waals surface area contributed by atoms with Crippen LogP contribution in [-0.4, -0.2) is 12.7 Å². The van der Waals surface area contributed by atoms with E-state index in [-0.39, 0.29) is 0 Å². The maximum Gasteiger partial charge on any atom is 0.421 e. The highest BCUT2D eigenvalue weighted by Gasteiger charge is 2.24. The molecule has 1 aromatic carbocycles. The Morgan fingerprint density at radius 2 is 2.05 bits per heavy atom. The zero-order chi connectivity index (χ0) is 14.5. The predicted molar refractivity (Wildman–Crippen MR) is 79.0 cm³/mol. The molecule has 0 spiro atoms. The summed E-state index contributed by atoms with van der Waals surface area (Å²) >= 11 is 0. The van der Waals surface area contributed by atoms with Crippen molar-refractivity contribution in [2.24, 2.45) is 0 Å². The fourth-order valence-electron chi connectivity index (χ4n) is 1.92. The maximum atomic E-state index is 12.2. The minimum absolute atomic E-state index is 0.297. The van der Waals surface area contributed by atoms with Gasteiger partial charge in [0.15, 0.2) is 0 Å². The quantitative estimate of drug-likeness (QED) is 0.815. The van der Waals surface area contributed by atoms with Gasteiger partial charge in [0.2, 0.25) is 5.88 Å². The van der Waals surface area contributed by atoms with Crippen molar-refractivity contribution in [1.29, 1.82) is 0 Å². The van der Waals surface area contributed by atoms with Gasteiger partial charge in [0.25, 0.3) is 0 Å². The van der Waals surface area contributed by atoms with Gasteiger partial charge in [-0.3, -0.25) is 0 Å². The van der Waals surface area contributed by atoms with Crippen molar-refractivity contribution in [3.05, 3.63) is 54.8 Å². The first-order valence-electron chi connectivity index (χ1n) is 6.40. The van der Waals surface area contributed by atoms with Gasteiger partial charge in [0.1, 0.15) is 0 Å². The van der Waals surface area contributed by atoms with Gasteiger partial charge in [0, 0.05) is 11.6 Å². The van der Waals surface area contributed by atoms with Crippen LogP contribution in [0.4, 0.5) is 16.4 Å². The molecule has 0 bridgehead atoms. The number of amides is 1. The fraction of sp³-hybridized carbons (Fsp3) is 0.188. The van der Waals surface area contributed by atoms with Crippen LogP contribution >= 0.6 is 0 Å². The lowest BCUT2D eigenvalue weighted by atomic mass is 10.1. The fourth-order valence-corrected chi connectivity index (χ4v) is 1.92.